The van der Waals surface area contributed by atoms with Crippen molar-refractivity contribution in [1.82, 2.24) is 19.8 Å². The number of aromatic nitrogens is 2. The Bertz CT molecular complexity index is 1910. The summed E-state index contributed by atoms with van der Waals surface area (Å²) in [6.07, 6.45) is -3.94. The molecule has 56 heavy (non-hydrogen) atoms. The summed E-state index contributed by atoms with van der Waals surface area (Å²) in [5.74, 6) is 0.595. The average molecular weight is 814 g/mol. The van der Waals surface area contributed by atoms with Crippen molar-refractivity contribution in [2.45, 2.75) is 89.3 Å². The number of hydrogen-bond donors (Lipinski definition) is 0. The lowest BCUT2D eigenvalue weighted by molar-refractivity contribution is -0.137. The second-order valence-corrected chi connectivity index (χ2v) is 21.5. The molecule has 4 heterocycles. The first-order valence-electron chi connectivity index (χ1n) is 19.0. The number of alkyl halides is 3. The zero-order valence-electron chi connectivity index (χ0n) is 32.9. The van der Waals surface area contributed by atoms with Gasteiger partial charge in [0, 0.05) is 44.3 Å². The number of halogens is 4. The average Bonchev–Trinajstić information content (AvgIpc) is 3.49. The van der Waals surface area contributed by atoms with Gasteiger partial charge in [0.05, 0.1) is 34.6 Å². The Balaban J connectivity index is 1.25. The molecule has 302 valence electrons. The zero-order chi connectivity index (χ0) is 40.4. The van der Waals surface area contributed by atoms with Gasteiger partial charge in [0.25, 0.3) is 0 Å². The number of nitrogens with zero attached hydrogens (tertiary/aromatic N) is 7. The number of benzene rings is 2. The zero-order valence-corrected chi connectivity index (χ0v) is 34.7. The summed E-state index contributed by atoms with van der Waals surface area (Å²) >= 11 is 6.13. The van der Waals surface area contributed by atoms with Gasteiger partial charge in [-0.2, -0.15) is 23.1 Å². The predicted octanol–water partition coefficient (Wildman–Crippen LogP) is 7.93. The maximum absolute atomic E-state index is 14.3. The number of amides is 1. The normalized spacial score (nSPS) is 20.8. The Hall–Kier alpha value is -4.10. The number of piperazine rings is 1. The molecule has 0 radical (unpaired) electrons. The van der Waals surface area contributed by atoms with Crippen molar-refractivity contribution in [2.24, 2.45) is 0 Å². The van der Waals surface area contributed by atoms with Gasteiger partial charge in [0.15, 0.2) is 8.32 Å². The summed E-state index contributed by atoms with van der Waals surface area (Å²) in [7, 11) is 0.0571. The van der Waals surface area contributed by atoms with Crippen molar-refractivity contribution in [3.63, 3.8) is 0 Å². The summed E-state index contributed by atoms with van der Waals surface area (Å²) in [6, 6.07) is 13.3. The second-order valence-electron chi connectivity index (χ2n) is 16.4. The molecule has 3 aliphatic heterocycles. The van der Waals surface area contributed by atoms with E-state index >= 15 is 0 Å². The Morgan fingerprint density at radius 3 is 2.45 bits per heavy atom. The van der Waals surface area contributed by atoms with Gasteiger partial charge in [-0.3, -0.25) is 9.80 Å². The standard InChI is InChI=1S/C40H51ClF3N7O4Si/c1-39(2,3)56(6,7)55-30-20-28(48(5)23-30)26-53-37-46-33-24-49(34-15-11-14-32(41)35(34)40(42,43)44)17-16-31(33)36(47-37)50-18-19-51(29(22-50)21-45-4)38(52)54-25-27-12-9-8-10-13-27/h8-15,28-30H,16-26H2,1-3,5-7H3/t28-,29-,30+/m0/s1. The van der Waals surface area contributed by atoms with Crippen LogP contribution in [0.15, 0.2) is 48.5 Å². The van der Waals surface area contributed by atoms with E-state index in [1.807, 2.05) is 42.3 Å². The highest BCUT2D eigenvalue weighted by molar-refractivity contribution is 6.74. The first kappa shape index (κ1) is 41.5. The number of carbonyl (C=O) groups excluding carboxylic acids is 1. The van der Waals surface area contributed by atoms with E-state index < -0.39 is 32.2 Å². The lowest BCUT2D eigenvalue weighted by Crippen LogP contribution is -2.57. The van der Waals surface area contributed by atoms with Crippen LogP contribution in [0.1, 0.15) is 49.6 Å². The molecule has 1 amide bonds. The molecule has 0 spiro atoms. The molecule has 6 rings (SSSR count). The van der Waals surface area contributed by atoms with Crippen molar-refractivity contribution in [3.8, 4) is 6.01 Å². The van der Waals surface area contributed by atoms with Crippen LogP contribution >= 0.6 is 11.6 Å². The Labute approximate surface area is 333 Å². The first-order chi connectivity index (χ1) is 26.4. The van der Waals surface area contributed by atoms with Gasteiger partial charge in [-0.05, 0) is 55.7 Å². The number of likely N-dealkylation sites (N-methyl/N-ethyl adjacent to an activating group) is 1. The summed E-state index contributed by atoms with van der Waals surface area (Å²) in [5.41, 5.74) is 1.31. The molecule has 0 bridgehead atoms. The Morgan fingerprint density at radius 1 is 1.00 bits per heavy atom. The van der Waals surface area contributed by atoms with E-state index in [0.717, 1.165) is 24.1 Å². The second kappa shape index (κ2) is 16.8. The van der Waals surface area contributed by atoms with E-state index in [1.54, 1.807) is 9.80 Å². The van der Waals surface area contributed by atoms with Crippen LogP contribution in [0, 0.1) is 6.57 Å². The highest BCUT2D eigenvalue weighted by atomic mass is 35.5. The van der Waals surface area contributed by atoms with E-state index in [9.17, 15) is 18.0 Å². The number of ether oxygens (including phenoxy) is 2. The van der Waals surface area contributed by atoms with Crippen LogP contribution in [0.4, 0.5) is 29.5 Å². The Morgan fingerprint density at radius 2 is 1.75 bits per heavy atom. The van der Waals surface area contributed by atoms with Gasteiger partial charge < -0.3 is 28.5 Å². The van der Waals surface area contributed by atoms with Crippen LogP contribution < -0.4 is 14.5 Å². The number of likely N-dealkylation sites (tertiary alicyclic amines) is 1. The van der Waals surface area contributed by atoms with Gasteiger partial charge >= 0.3 is 18.3 Å². The molecule has 2 fully saturated rings. The van der Waals surface area contributed by atoms with Crippen LogP contribution in [0.5, 0.6) is 6.01 Å². The number of fused-ring (bicyclic) bond motifs is 1. The number of carbonyl (C=O) groups is 1. The maximum Gasteiger partial charge on any atom is 0.419 e. The molecule has 3 aromatic rings. The van der Waals surface area contributed by atoms with Crippen molar-refractivity contribution in [2.75, 3.05) is 62.7 Å². The Kier molecular flexibility index (Phi) is 12.4. The van der Waals surface area contributed by atoms with Crippen LogP contribution in [-0.4, -0.2) is 105 Å². The molecule has 3 aliphatic rings. The lowest BCUT2D eigenvalue weighted by atomic mass is 10.0. The quantitative estimate of drug-likeness (QED) is 0.150. The van der Waals surface area contributed by atoms with Crippen molar-refractivity contribution in [3.05, 3.63) is 87.4 Å². The van der Waals surface area contributed by atoms with E-state index in [-0.39, 0.29) is 66.7 Å². The molecule has 2 saturated heterocycles. The third kappa shape index (κ3) is 9.36. The molecule has 16 heteroatoms. The van der Waals surface area contributed by atoms with E-state index in [2.05, 4.69) is 43.6 Å². The highest BCUT2D eigenvalue weighted by Gasteiger charge is 2.43. The molecule has 0 unspecified atom stereocenters. The fourth-order valence-corrected chi connectivity index (χ4v) is 9.04. The van der Waals surface area contributed by atoms with Gasteiger partial charge in [0.1, 0.15) is 25.1 Å². The third-order valence-electron chi connectivity index (χ3n) is 11.5. The molecule has 0 aliphatic carbocycles. The monoisotopic (exact) mass is 813 g/mol. The van der Waals surface area contributed by atoms with E-state index in [1.165, 1.54) is 18.2 Å². The van der Waals surface area contributed by atoms with Crippen LogP contribution in [-0.2, 0) is 34.9 Å². The van der Waals surface area contributed by atoms with Gasteiger partial charge in [-0.1, -0.05) is 68.8 Å². The van der Waals surface area contributed by atoms with Crippen molar-refractivity contribution in [1.29, 1.82) is 0 Å². The molecular formula is C40H51ClF3N7O4Si. The minimum atomic E-state index is -4.65. The van der Waals surface area contributed by atoms with Gasteiger partial charge in [-0.15, -0.1) is 0 Å². The number of anilines is 2. The number of hydrogen-bond acceptors (Lipinski definition) is 9. The molecular weight excluding hydrogens is 763 g/mol. The SMILES string of the molecule is [C-]#[N+]C[C@H]1CN(c2nc(OC[C@@H]3C[C@@H](O[Si](C)(C)C(C)(C)C)CN3C)nc3c2CCN(c2cccc(Cl)c2C(F)(F)F)C3)CCN1C(=O)OCc1ccccc1. The van der Waals surface area contributed by atoms with E-state index in [0.29, 0.717) is 37.6 Å². The van der Waals surface area contributed by atoms with Crippen LogP contribution in [0.3, 0.4) is 0 Å². The van der Waals surface area contributed by atoms with Crippen molar-refractivity contribution < 1.29 is 31.9 Å². The fraction of sp³-hybridized carbons (Fsp3) is 0.550. The van der Waals surface area contributed by atoms with Crippen LogP contribution in [0.2, 0.25) is 23.2 Å². The minimum absolute atomic E-state index is 0.0154. The summed E-state index contributed by atoms with van der Waals surface area (Å²) in [6.45, 7) is 21.4. The minimum Gasteiger partial charge on any atom is -0.462 e. The molecule has 11 nitrogen and oxygen atoms in total. The summed E-state index contributed by atoms with van der Waals surface area (Å²) in [5, 5.41) is -0.287. The predicted molar refractivity (Wildman–Crippen MR) is 213 cm³/mol. The third-order valence-corrected chi connectivity index (χ3v) is 16.3. The van der Waals surface area contributed by atoms with Crippen molar-refractivity contribution >= 4 is 37.5 Å². The highest BCUT2D eigenvalue weighted by Crippen LogP contribution is 2.43. The smallest absolute Gasteiger partial charge is 0.419 e. The number of rotatable bonds is 10. The topological polar surface area (TPSA) is 87.9 Å². The van der Waals surface area contributed by atoms with E-state index in [4.69, 9.17) is 42.0 Å². The fourth-order valence-electron chi connectivity index (χ4n) is 7.40. The molecule has 0 N–H and O–H groups in total. The lowest BCUT2D eigenvalue weighted by Gasteiger charge is -2.41. The molecule has 2 aromatic carbocycles. The van der Waals surface area contributed by atoms with Crippen LogP contribution in [0.25, 0.3) is 4.85 Å². The molecule has 0 saturated carbocycles. The largest absolute Gasteiger partial charge is 0.462 e. The summed E-state index contributed by atoms with van der Waals surface area (Å²) in [4.78, 5) is 34.2. The first-order valence-corrected chi connectivity index (χ1v) is 22.3. The van der Waals surface area contributed by atoms with Gasteiger partial charge in [0.2, 0.25) is 6.54 Å². The molecule has 1 aromatic heterocycles. The molecule has 3 atom stereocenters. The maximum atomic E-state index is 14.3. The van der Waals surface area contributed by atoms with Gasteiger partial charge in [-0.25, -0.2) is 11.4 Å². The summed E-state index contributed by atoms with van der Waals surface area (Å²) < 4.78 is 61.6.